The largest absolute Gasteiger partial charge is 0.354 e. The summed E-state index contributed by atoms with van der Waals surface area (Å²) in [5.41, 5.74) is 2.28. The Bertz CT molecular complexity index is 510. The van der Waals surface area contributed by atoms with Crippen molar-refractivity contribution in [2.24, 2.45) is 10.9 Å². The molecule has 0 aromatic carbocycles. The molecule has 0 aliphatic carbocycles. The molecule has 1 fully saturated rings. The van der Waals surface area contributed by atoms with E-state index in [0.29, 0.717) is 12.6 Å². The molecule has 0 radical (unpaired) electrons. The smallest absolute Gasteiger partial charge is 0.191 e. The molecule has 2 rings (SSSR count). The lowest BCUT2D eigenvalue weighted by molar-refractivity contribution is 0.187. The average molecular weight is 445 g/mol. The summed E-state index contributed by atoms with van der Waals surface area (Å²) in [6.07, 6.45) is 4.19. The van der Waals surface area contributed by atoms with Crippen LogP contribution in [-0.2, 0) is 6.54 Å². The van der Waals surface area contributed by atoms with Gasteiger partial charge in [-0.15, -0.1) is 24.0 Å². The molecule has 2 N–H and O–H groups in total. The fourth-order valence-corrected chi connectivity index (χ4v) is 3.04. The Morgan fingerprint density at radius 1 is 1.38 bits per heavy atom. The van der Waals surface area contributed by atoms with Crippen molar-refractivity contribution in [2.75, 3.05) is 26.7 Å². The third-order valence-corrected chi connectivity index (χ3v) is 4.32. The maximum Gasteiger partial charge on any atom is 0.191 e. The minimum absolute atomic E-state index is 0. The van der Waals surface area contributed by atoms with Gasteiger partial charge in [-0.05, 0) is 37.3 Å². The van der Waals surface area contributed by atoms with Gasteiger partial charge in [0.1, 0.15) is 0 Å². The highest BCUT2D eigenvalue weighted by atomic mass is 127. The van der Waals surface area contributed by atoms with Gasteiger partial charge in [-0.25, -0.2) is 0 Å². The summed E-state index contributed by atoms with van der Waals surface area (Å²) in [7, 11) is 1.83. The number of hydrogen-bond acceptors (Lipinski definition) is 3. The number of aliphatic imine (C=N–C) groups is 1. The van der Waals surface area contributed by atoms with Crippen LogP contribution in [-0.4, -0.2) is 48.6 Å². The molecule has 0 atom stereocenters. The van der Waals surface area contributed by atoms with E-state index in [0.717, 1.165) is 17.6 Å². The van der Waals surface area contributed by atoms with Crippen LogP contribution in [0.2, 0.25) is 0 Å². The van der Waals surface area contributed by atoms with Gasteiger partial charge >= 0.3 is 0 Å². The SMILES string of the molecule is CN=C(NCc1ncccc1C)NC1CCN(CC(C)C)CC1.I. The van der Waals surface area contributed by atoms with Crippen LogP contribution in [0.1, 0.15) is 37.9 Å². The molecular weight excluding hydrogens is 413 g/mol. The van der Waals surface area contributed by atoms with E-state index >= 15 is 0 Å². The normalized spacial score (nSPS) is 16.8. The van der Waals surface area contributed by atoms with E-state index in [-0.39, 0.29) is 24.0 Å². The summed E-state index contributed by atoms with van der Waals surface area (Å²) in [6, 6.07) is 4.57. The molecule has 0 spiro atoms. The Balaban J connectivity index is 0.00000288. The number of nitrogens with zero attached hydrogens (tertiary/aromatic N) is 3. The number of aryl methyl sites for hydroxylation is 1. The number of aromatic nitrogens is 1. The number of likely N-dealkylation sites (tertiary alicyclic amines) is 1. The molecule has 24 heavy (non-hydrogen) atoms. The van der Waals surface area contributed by atoms with Crippen LogP contribution in [0.5, 0.6) is 0 Å². The number of pyridine rings is 1. The fraction of sp³-hybridized carbons (Fsp3) is 0.667. The van der Waals surface area contributed by atoms with Crippen molar-refractivity contribution in [1.82, 2.24) is 20.5 Å². The van der Waals surface area contributed by atoms with Gasteiger partial charge in [0.05, 0.1) is 12.2 Å². The number of guanidine groups is 1. The lowest BCUT2D eigenvalue weighted by atomic mass is 10.0. The van der Waals surface area contributed by atoms with Gasteiger partial charge in [0.25, 0.3) is 0 Å². The van der Waals surface area contributed by atoms with Crippen molar-refractivity contribution < 1.29 is 0 Å². The van der Waals surface area contributed by atoms with Crippen LogP contribution >= 0.6 is 24.0 Å². The number of rotatable bonds is 5. The fourth-order valence-electron chi connectivity index (χ4n) is 3.04. The van der Waals surface area contributed by atoms with E-state index in [1.54, 1.807) is 0 Å². The molecule has 1 aliphatic rings. The molecule has 1 aromatic heterocycles. The molecular formula is C18H32IN5. The highest BCUT2D eigenvalue weighted by Crippen LogP contribution is 2.12. The molecule has 1 aromatic rings. The second kappa shape index (κ2) is 10.9. The molecule has 1 saturated heterocycles. The lowest BCUT2D eigenvalue weighted by Crippen LogP contribution is -2.49. The first-order chi connectivity index (χ1) is 11.1. The van der Waals surface area contributed by atoms with Gasteiger partial charge in [-0.2, -0.15) is 0 Å². The standard InChI is InChI=1S/C18H31N5.HI/c1-14(2)13-23-10-7-16(8-11-23)22-18(19-4)21-12-17-15(3)6-5-9-20-17;/h5-6,9,14,16H,7-8,10-13H2,1-4H3,(H2,19,21,22);1H. The summed E-state index contributed by atoms with van der Waals surface area (Å²) in [5.74, 6) is 1.62. The Hall–Kier alpha value is -0.890. The molecule has 1 aliphatic heterocycles. The third-order valence-electron chi connectivity index (χ3n) is 4.32. The van der Waals surface area contributed by atoms with E-state index in [4.69, 9.17) is 0 Å². The highest BCUT2D eigenvalue weighted by molar-refractivity contribution is 14.0. The van der Waals surface area contributed by atoms with E-state index in [9.17, 15) is 0 Å². The van der Waals surface area contributed by atoms with Gasteiger partial charge in [-0.1, -0.05) is 19.9 Å². The van der Waals surface area contributed by atoms with Crippen LogP contribution in [0.4, 0.5) is 0 Å². The molecule has 2 heterocycles. The maximum absolute atomic E-state index is 4.42. The van der Waals surface area contributed by atoms with Crippen LogP contribution < -0.4 is 10.6 Å². The number of nitrogens with one attached hydrogen (secondary N) is 2. The number of halogens is 1. The zero-order chi connectivity index (χ0) is 16.7. The summed E-state index contributed by atoms with van der Waals surface area (Å²) >= 11 is 0. The predicted molar refractivity (Wildman–Crippen MR) is 112 cm³/mol. The Morgan fingerprint density at radius 2 is 2.08 bits per heavy atom. The highest BCUT2D eigenvalue weighted by Gasteiger charge is 2.20. The molecule has 0 amide bonds. The summed E-state index contributed by atoms with van der Waals surface area (Å²) in [6.45, 7) is 10.9. The lowest BCUT2D eigenvalue weighted by Gasteiger charge is -2.34. The van der Waals surface area contributed by atoms with E-state index in [2.05, 4.69) is 52.3 Å². The molecule has 0 saturated carbocycles. The molecule has 0 bridgehead atoms. The van der Waals surface area contributed by atoms with Crippen molar-refractivity contribution in [2.45, 2.75) is 46.2 Å². The first-order valence-electron chi connectivity index (χ1n) is 8.68. The molecule has 136 valence electrons. The second-order valence-corrected chi connectivity index (χ2v) is 6.81. The summed E-state index contributed by atoms with van der Waals surface area (Å²) < 4.78 is 0. The third kappa shape index (κ3) is 6.93. The van der Waals surface area contributed by atoms with Crippen molar-refractivity contribution >= 4 is 29.9 Å². The Labute approximate surface area is 163 Å². The van der Waals surface area contributed by atoms with Gasteiger partial charge < -0.3 is 15.5 Å². The van der Waals surface area contributed by atoms with Crippen molar-refractivity contribution in [3.63, 3.8) is 0 Å². The molecule has 0 unspecified atom stereocenters. The zero-order valence-electron chi connectivity index (χ0n) is 15.4. The van der Waals surface area contributed by atoms with Crippen LogP contribution in [0.3, 0.4) is 0 Å². The van der Waals surface area contributed by atoms with Gasteiger partial charge in [0, 0.05) is 38.9 Å². The Morgan fingerprint density at radius 3 is 2.67 bits per heavy atom. The first kappa shape index (κ1) is 21.2. The number of hydrogen-bond donors (Lipinski definition) is 2. The van der Waals surface area contributed by atoms with Crippen LogP contribution in [0.15, 0.2) is 23.3 Å². The second-order valence-electron chi connectivity index (χ2n) is 6.81. The monoisotopic (exact) mass is 445 g/mol. The summed E-state index contributed by atoms with van der Waals surface area (Å²) in [4.78, 5) is 11.3. The molecule has 6 heteroatoms. The van der Waals surface area contributed by atoms with Crippen molar-refractivity contribution in [3.05, 3.63) is 29.6 Å². The van der Waals surface area contributed by atoms with Crippen molar-refractivity contribution in [3.8, 4) is 0 Å². The average Bonchev–Trinajstić information content (AvgIpc) is 2.54. The predicted octanol–water partition coefficient (Wildman–Crippen LogP) is 2.79. The first-order valence-corrected chi connectivity index (χ1v) is 8.68. The quantitative estimate of drug-likeness (QED) is 0.416. The summed E-state index contributed by atoms with van der Waals surface area (Å²) in [5, 5.41) is 6.93. The van der Waals surface area contributed by atoms with Gasteiger partial charge in [0.2, 0.25) is 0 Å². The van der Waals surface area contributed by atoms with Gasteiger partial charge in [0.15, 0.2) is 5.96 Å². The van der Waals surface area contributed by atoms with E-state index in [1.807, 2.05) is 19.3 Å². The van der Waals surface area contributed by atoms with Crippen LogP contribution in [0.25, 0.3) is 0 Å². The molecule has 5 nitrogen and oxygen atoms in total. The minimum atomic E-state index is 0. The topological polar surface area (TPSA) is 52.6 Å². The Kier molecular flexibility index (Phi) is 9.58. The maximum atomic E-state index is 4.42. The van der Waals surface area contributed by atoms with Crippen LogP contribution in [0, 0.1) is 12.8 Å². The zero-order valence-corrected chi connectivity index (χ0v) is 17.7. The minimum Gasteiger partial charge on any atom is -0.354 e. The van der Waals surface area contributed by atoms with E-state index in [1.165, 1.54) is 38.0 Å². The van der Waals surface area contributed by atoms with E-state index < -0.39 is 0 Å². The van der Waals surface area contributed by atoms with Gasteiger partial charge in [-0.3, -0.25) is 9.98 Å². The van der Waals surface area contributed by atoms with Crippen molar-refractivity contribution in [1.29, 1.82) is 0 Å². The number of piperidine rings is 1.